The van der Waals surface area contributed by atoms with Crippen molar-refractivity contribution in [2.75, 3.05) is 0 Å². The van der Waals surface area contributed by atoms with E-state index in [1.165, 1.54) is 0 Å². The second-order valence-corrected chi connectivity index (χ2v) is 6.11. The van der Waals surface area contributed by atoms with Gasteiger partial charge in [0.05, 0.1) is 11.1 Å². The first-order valence-electron chi connectivity index (χ1n) is 6.58. The Morgan fingerprint density at radius 3 is 2.65 bits per heavy atom. The average Bonchev–Trinajstić information content (AvgIpc) is 2.73. The third-order valence-corrected chi connectivity index (χ3v) is 4.84. The van der Waals surface area contributed by atoms with Crippen LogP contribution in [0.2, 0.25) is 0 Å². The van der Waals surface area contributed by atoms with Gasteiger partial charge in [-0.15, -0.1) is 0 Å². The number of aryl methyl sites for hydroxylation is 1. The number of aromatic nitrogens is 2. The Morgan fingerprint density at radius 1 is 1.45 bits per heavy atom. The van der Waals surface area contributed by atoms with Crippen LogP contribution in [0.5, 0.6) is 0 Å². The molecule has 0 aliphatic heterocycles. The van der Waals surface area contributed by atoms with Crippen LogP contribution in [0.4, 0.5) is 0 Å². The standard InChI is InChI=1S/C15H15BrN2O2/c1-10-17-7-8-18(10)13-4-3-11(9-12(13)16)15(14(19)20)5-2-6-15/h3-4,7-9H,2,5-6H2,1H3,(H,19,20). The topological polar surface area (TPSA) is 55.1 Å². The molecule has 0 atom stereocenters. The summed E-state index contributed by atoms with van der Waals surface area (Å²) in [4.78, 5) is 15.8. The van der Waals surface area contributed by atoms with E-state index in [4.69, 9.17) is 0 Å². The van der Waals surface area contributed by atoms with E-state index in [9.17, 15) is 9.90 Å². The van der Waals surface area contributed by atoms with Crippen molar-refractivity contribution in [3.8, 4) is 5.69 Å². The first-order chi connectivity index (χ1) is 9.54. The van der Waals surface area contributed by atoms with Crippen LogP contribution in [0.25, 0.3) is 5.69 Å². The summed E-state index contributed by atoms with van der Waals surface area (Å²) in [6.45, 7) is 1.94. The van der Waals surface area contributed by atoms with E-state index in [1.807, 2.05) is 35.9 Å². The fraction of sp³-hybridized carbons (Fsp3) is 0.333. The predicted molar refractivity (Wildman–Crippen MR) is 79.2 cm³/mol. The quantitative estimate of drug-likeness (QED) is 0.935. The summed E-state index contributed by atoms with van der Waals surface area (Å²) < 4.78 is 2.87. The van der Waals surface area contributed by atoms with Gasteiger partial charge >= 0.3 is 5.97 Å². The van der Waals surface area contributed by atoms with Crippen LogP contribution in [-0.2, 0) is 10.2 Å². The van der Waals surface area contributed by atoms with Gasteiger partial charge in [-0.2, -0.15) is 0 Å². The van der Waals surface area contributed by atoms with Crippen molar-refractivity contribution in [2.45, 2.75) is 31.6 Å². The fourth-order valence-electron chi connectivity index (χ4n) is 2.79. The van der Waals surface area contributed by atoms with Crippen molar-refractivity contribution < 1.29 is 9.90 Å². The number of halogens is 1. The molecule has 1 aromatic heterocycles. The molecule has 0 radical (unpaired) electrons. The molecule has 20 heavy (non-hydrogen) atoms. The molecule has 1 saturated carbocycles. The molecule has 1 fully saturated rings. The third-order valence-electron chi connectivity index (χ3n) is 4.20. The maximum absolute atomic E-state index is 11.6. The summed E-state index contributed by atoms with van der Waals surface area (Å²) in [6, 6.07) is 5.81. The summed E-state index contributed by atoms with van der Waals surface area (Å²) >= 11 is 3.56. The summed E-state index contributed by atoms with van der Waals surface area (Å²) in [5, 5.41) is 9.49. The fourth-order valence-corrected chi connectivity index (χ4v) is 3.36. The van der Waals surface area contributed by atoms with E-state index in [1.54, 1.807) is 6.20 Å². The number of carboxylic acid groups (broad SMARTS) is 1. The van der Waals surface area contributed by atoms with E-state index in [2.05, 4.69) is 20.9 Å². The molecule has 1 aliphatic rings. The average molecular weight is 335 g/mol. The highest BCUT2D eigenvalue weighted by Gasteiger charge is 2.46. The van der Waals surface area contributed by atoms with Crippen molar-refractivity contribution in [3.05, 3.63) is 46.5 Å². The lowest BCUT2D eigenvalue weighted by atomic mass is 9.64. The molecular formula is C15H15BrN2O2. The molecule has 1 aliphatic carbocycles. The van der Waals surface area contributed by atoms with Crippen molar-refractivity contribution in [1.82, 2.24) is 9.55 Å². The van der Waals surface area contributed by atoms with E-state index in [-0.39, 0.29) is 0 Å². The van der Waals surface area contributed by atoms with Gasteiger partial charge in [0, 0.05) is 16.9 Å². The van der Waals surface area contributed by atoms with Gasteiger partial charge in [0.2, 0.25) is 0 Å². The molecule has 1 N–H and O–H groups in total. The summed E-state index contributed by atoms with van der Waals surface area (Å²) in [6.07, 6.45) is 6.06. The van der Waals surface area contributed by atoms with Crippen LogP contribution < -0.4 is 0 Å². The maximum Gasteiger partial charge on any atom is 0.314 e. The number of aliphatic carboxylic acids is 1. The number of benzene rings is 1. The van der Waals surface area contributed by atoms with Gasteiger partial charge in [-0.3, -0.25) is 4.79 Å². The van der Waals surface area contributed by atoms with Crippen LogP contribution >= 0.6 is 15.9 Å². The molecule has 0 unspecified atom stereocenters. The van der Waals surface area contributed by atoms with E-state index < -0.39 is 11.4 Å². The Hall–Kier alpha value is -1.62. The van der Waals surface area contributed by atoms with E-state index in [0.717, 1.165) is 40.8 Å². The second kappa shape index (κ2) is 4.74. The van der Waals surface area contributed by atoms with Crippen molar-refractivity contribution >= 4 is 21.9 Å². The normalized spacial score (nSPS) is 16.7. The summed E-state index contributed by atoms with van der Waals surface area (Å²) in [5.41, 5.74) is 1.17. The summed E-state index contributed by atoms with van der Waals surface area (Å²) in [7, 11) is 0. The molecule has 1 aromatic carbocycles. The van der Waals surface area contributed by atoms with Crippen LogP contribution in [0.1, 0.15) is 30.7 Å². The highest BCUT2D eigenvalue weighted by Crippen LogP contribution is 2.45. The number of hydrogen-bond acceptors (Lipinski definition) is 2. The van der Waals surface area contributed by atoms with Crippen LogP contribution in [-0.4, -0.2) is 20.6 Å². The zero-order chi connectivity index (χ0) is 14.3. The zero-order valence-corrected chi connectivity index (χ0v) is 12.7. The van der Waals surface area contributed by atoms with Gasteiger partial charge in [-0.1, -0.05) is 12.5 Å². The zero-order valence-electron chi connectivity index (χ0n) is 11.1. The van der Waals surface area contributed by atoms with Crippen molar-refractivity contribution in [2.24, 2.45) is 0 Å². The molecule has 0 saturated heterocycles. The van der Waals surface area contributed by atoms with Gasteiger partial charge in [-0.25, -0.2) is 4.98 Å². The molecule has 104 valence electrons. The van der Waals surface area contributed by atoms with E-state index >= 15 is 0 Å². The molecular weight excluding hydrogens is 320 g/mol. The number of rotatable bonds is 3. The minimum absolute atomic E-state index is 0.689. The third kappa shape index (κ3) is 1.88. The molecule has 3 rings (SSSR count). The van der Waals surface area contributed by atoms with Crippen LogP contribution in [0, 0.1) is 6.92 Å². The predicted octanol–water partition coefficient (Wildman–Crippen LogP) is 3.45. The molecule has 0 bridgehead atoms. The molecule has 4 nitrogen and oxygen atoms in total. The Balaban J connectivity index is 2.04. The van der Waals surface area contributed by atoms with Crippen LogP contribution in [0.3, 0.4) is 0 Å². The number of carbonyl (C=O) groups is 1. The number of imidazole rings is 1. The number of carboxylic acids is 1. The lowest BCUT2D eigenvalue weighted by Crippen LogP contribution is -2.42. The Labute approximate surface area is 125 Å². The minimum atomic E-state index is -0.720. The molecule has 0 spiro atoms. The Kier molecular flexibility index (Phi) is 3.17. The maximum atomic E-state index is 11.6. The Morgan fingerprint density at radius 2 is 2.20 bits per heavy atom. The summed E-state index contributed by atoms with van der Waals surface area (Å²) in [5.74, 6) is 0.178. The molecule has 2 aromatic rings. The van der Waals surface area contributed by atoms with E-state index in [0.29, 0.717) is 0 Å². The smallest absolute Gasteiger partial charge is 0.314 e. The number of hydrogen-bond donors (Lipinski definition) is 1. The first-order valence-corrected chi connectivity index (χ1v) is 7.38. The van der Waals surface area contributed by atoms with Gasteiger partial charge < -0.3 is 9.67 Å². The highest BCUT2D eigenvalue weighted by atomic mass is 79.9. The second-order valence-electron chi connectivity index (χ2n) is 5.25. The van der Waals surface area contributed by atoms with Gasteiger partial charge in [0.25, 0.3) is 0 Å². The highest BCUT2D eigenvalue weighted by molar-refractivity contribution is 9.10. The minimum Gasteiger partial charge on any atom is -0.481 e. The van der Waals surface area contributed by atoms with Gasteiger partial charge in [0.15, 0.2) is 0 Å². The molecule has 5 heteroatoms. The lowest BCUT2D eigenvalue weighted by molar-refractivity contribution is -0.147. The molecule has 0 amide bonds. The Bertz CT molecular complexity index is 674. The molecule has 1 heterocycles. The van der Waals surface area contributed by atoms with Crippen LogP contribution in [0.15, 0.2) is 35.1 Å². The van der Waals surface area contributed by atoms with Crippen molar-refractivity contribution in [3.63, 3.8) is 0 Å². The van der Waals surface area contributed by atoms with Crippen molar-refractivity contribution in [1.29, 1.82) is 0 Å². The van der Waals surface area contributed by atoms with Gasteiger partial charge in [-0.05, 0) is 53.4 Å². The lowest BCUT2D eigenvalue weighted by Gasteiger charge is -2.38. The largest absolute Gasteiger partial charge is 0.481 e. The monoisotopic (exact) mass is 334 g/mol. The SMILES string of the molecule is Cc1nccn1-c1ccc(C2(C(=O)O)CCC2)cc1Br. The number of nitrogens with zero attached hydrogens (tertiary/aromatic N) is 2. The van der Waals surface area contributed by atoms with Gasteiger partial charge in [0.1, 0.15) is 5.82 Å². The first kappa shape index (κ1) is 13.4.